The van der Waals surface area contributed by atoms with Crippen molar-refractivity contribution in [2.45, 2.75) is 6.04 Å². The minimum atomic E-state index is -0.498. The van der Waals surface area contributed by atoms with Crippen molar-refractivity contribution < 1.29 is 9.90 Å². The van der Waals surface area contributed by atoms with Gasteiger partial charge in [-0.05, 0) is 31.8 Å². The maximum Gasteiger partial charge on any atom is 0.239 e. The quantitative estimate of drug-likeness (QED) is 0.735. The van der Waals surface area contributed by atoms with Crippen LogP contribution in [0.2, 0.25) is 0 Å². The van der Waals surface area contributed by atoms with Gasteiger partial charge in [0.1, 0.15) is 11.8 Å². The molecule has 1 amide bonds. The molecule has 1 unspecified atom stereocenters. The maximum absolute atomic E-state index is 11.2. The van der Waals surface area contributed by atoms with Crippen LogP contribution < -0.4 is 5.73 Å². The number of nitrogens with zero attached hydrogens (tertiary/aromatic N) is 1. The molecule has 0 fully saturated rings. The van der Waals surface area contributed by atoms with Gasteiger partial charge in [0.05, 0.1) is 0 Å². The van der Waals surface area contributed by atoms with E-state index in [9.17, 15) is 9.90 Å². The molecule has 3 N–H and O–H groups in total. The number of phenols is 1. The van der Waals surface area contributed by atoms with Gasteiger partial charge < -0.3 is 10.8 Å². The lowest BCUT2D eigenvalue weighted by atomic mass is 10.1. The summed E-state index contributed by atoms with van der Waals surface area (Å²) < 4.78 is 0. The zero-order chi connectivity index (χ0) is 10.7. The maximum atomic E-state index is 11.2. The molecule has 0 aromatic heterocycles. The van der Waals surface area contributed by atoms with E-state index >= 15 is 0 Å². The Morgan fingerprint density at radius 2 is 2.14 bits per heavy atom. The van der Waals surface area contributed by atoms with Gasteiger partial charge in [-0.2, -0.15) is 0 Å². The molecule has 1 aromatic rings. The third-order valence-corrected chi connectivity index (χ3v) is 1.97. The molecular weight excluding hydrogens is 180 g/mol. The standard InChI is InChI=1S/C10H14N2O2/c1-12(2)9(10(11)14)7-4-3-5-8(13)6-7/h3-6,9,13H,1-2H3,(H2,11,14). The molecule has 0 saturated heterocycles. The second-order valence-electron chi connectivity index (χ2n) is 3.36. The fourth-order valence-corrected chi connectivity index (χ4v) is 1.41. The average molecular weight is 194 g/mol. The monoisotopic (exact) mass is 194 g/mol. The molecule has 1 rings (SSSR count). The number of primary amides is 1. The number of carbonyl (C=O) groups is 1. The van der Waals surface area contributed by atoms with Crippen LogP contribution in [0.1, 0.15) is 11.6 Å². The Morgan fingerprint density at radius 3 is 2.57 bits per heavy atom. The van der Waals surface area contributed by atoms with E-state index in [1.54, 1.807) is 37.2 Å². The topological polar surface area (TPSA) is 66.6 Å². The fraction of sp³-hybridized carbons (Fsp3) is 0.300. The number of hydrogen-bond donors (Lipinski definition) is 2. The highest BCUT2D eigenvalue weighted by atomic mass is 16.3. The smallest absolute Gasteiger partial charge is 0.239 e. The lowest BCUT2D eigenvalue weighted by Gasteiger charge is -2.21. The van der Waals surface area contributed by atoms with Crippen molar-refractivity contribution in [1.82, 2.24) is 4.90 Å². The molecule has 0 bridgehead atoms. The third-order valence-electron chi connectivity index (χ3n) is 1.97. The highest BCUT2D eigenvalue weighted by Gasteiger charge is 2.19. The van der Waals surface area contributed by atoms with Crippen LogP contribution in [0, 0.1) is 0 Å². The molecule has 4 heteroatoms. The summed E-state index contributed by atoms with van der Waals surface area (Å²) in [6.45, 7) is 0. The van der Waals surface area contributed by atoms with Gasteiger partial charge in [-0.25, -0.2) is 0 Å². The first-order valence-corrected chi connectivity index (χ1v) is 4.27. The first kappa shape index (κ1) is 10.5. The average Bonchev–Trinajstić information content (AvgIpc) is 2.02. The van der Waals surface area contributed by atoms with Crippen LogP contribution in [0.5, 0.6) is 5.75 Å². The zero-order valence-corrected chi connectivity index (χ0v) is 8.27. The molecule has 1 atom stereocenters. The second-order valence-corrected chi connectivity index (χ2v) is 3.36. The van der Waals surface area contributed by atoms with Gasteiger partial charge in [-0.1, -0.05) is 12.1 Å². The third kappa shape index (κ3) is 2.23. The van der Waals surface area contributed by atoms with E-state index in [2.05, 4.69) is 0 Å². The number of nitrogens with two attached hydrogens (primary N) is 1. The summed E-state index contributed by atoms with van der Waals surface area (Å²) in [6.07, 6.45) is 0. The summed E-state index contributed by atoms with van der Waals surface area (Å²) in [4.78, 5) is 12.9. The Kier molecular flexibility index (Phi) is 3.09. The predicted octanol–water partition coefficient (Wildman–Crippen LogP) is 0.480. The van der Waals surface area contributed by atoms with Gasteiger partial charge in [0.2, 0.25) is 5.91 Å². The number of carbonyl (C=O) groups excluding carboxylic acids is 1. The Morgan fingerprint density at radius 1 is 1.50 bits per heavy atom. The van der Waals surface area contributed by atoms with Crippen LogP contribution >= 0.6 is 0 Å². The molecular formula is C10H14N2O2. The predicted molar refractivity (Wildman–Crippen MR) is 53.7 cm³/mol. The summed E-state index contributed by atoms with van der Waals surface area (Å²) in [5.41, 5.74) is 5.95. The lowest BCUT2D eigenvalue weighted by molar-refractivity contribution is -0.122. The van der Waals surface area contributed by atoms with E-state index in [0.29, 0.717) is 5.56 Å². The summed E-state index contributed by atoms with van der Waals surface area (Å²) in [5.74, 6) is -0.295. The zero-order valence-electron chi connectivity index (χ0n) is 8.27. The minimum absolute atomic E-state index is 0.135. The first-order valence-electron chi connectivity index (χ1n) is 4.27. The molecule has 0 heterocycles. The molecule has 0 aliphatic heterocycles. The molecule has 0 aliphatic carbocycles. The number of likely N-dealkylation sites (N-methyl/N-ethyl adjacent to an activating group) is 1. The Labute approximate surface area is 82.9 Å². The molecule has 1 aromatic carbocycles. The number of amides is 1. The van der Waals surface area contributed by atoms with Gasteiger partial charge in [-0.15, -0.1) is 0 Å². The summed E-state index contributed by atoms with van der Waals surface area (Å²) in [6, 6.07) is 6.04. The van der Waals surface area contributed by atoms with Crippen LogP contribution in [-0.4, -0.2) is 30.0 Å². The van der Waals surface area contributed by atoms with Crippen molar-refractivity contribution in [3.63, 3.8) is 0 Å². The largest absolute Gasteiger partial charge is 0.508 e. The normalized spacial score (nSPS) is 12.8. The number of phenolic OH excluding ortho intramolecular Hbond substituents is 1. The summed E-state index contributed by atoms with van der Waals surface area (Å²) in [5, 5.41) is 9.25. The summed E-state index contributed by atoms with van der Waals surface area (Å²) >= 11 is 0. The second kappa shape index (κ2) is 4.11. The fourth-order valence-electron chi connectivity index (χ4n) is 1.41. The number of hydrogen-bond acceptors (Lipinski definition) is 3. The van der Waals surface area contributed by atoms with Crippen molar-refractivity contribution in [3.05, 3.63) is 29.8 Å². The van der Waals surface area contributed by atoms with E-state index in [1.807, 2.05) is 0 Å². The molecule has 0 aliphatic rings. The van der Waals surface area contributed by atoms with Crippen LogP contribution in [0.15, 0.2) is 24.3 Å². The highest BCUT2D eigenvalue weighted by molar-refractivity contribution is 5.81. The van der Waals surface area contributed by atoms with Crippen molar-refractivity contribution in [2.24, 2.45) is 5.73 Å². The van der Waals surface area contributed by atoms with Gasteiger partial charge in [0.15, 0.2) is 0 Å². The van der Waals surface area contributed by atoms with E-state index in [1.165, 1.54) is 6.07 Å². The van der Waals surface area contributed by atoms with E-state index in [-0.39, 0.29) is 5.75 Å². The SMILES string of the molecule is CN(C)C(C(N)=O)c1cccc(O)c1. The van der Waals surface area contributed by atoms with Crippen molar-refractivity contribution in [1.29, 1.82) is 0 Å². The summed E-state index contributed by atoms with van der Waals surface area (Å²) in [7, 11) is 3.53. The van der Waals surface area contributed by atoms with Crippen molar-refractivity contribution >= 4 is 5.91 Å². The van der Waals surface area contributed by atoms with E-state index in [4.69, 9.17) is 5.73 Å². The van der Waals surface area contributed by atoms with Crippen LogP contribution in [0.3, 0.4) is 0 Å². The van der Waals surface area contributed by atoms with Gasteiger partial charge in [-0.3, -0.25) is 9.69 Å². The Hall–Kier alpha value is -1.55. The molecule has 4 nitrogen and oxygen atoms in total. The lowest BCUT2D eigenvalue weighted by Crippen LogP contribution is -2.32. The van der Waals surface area contributed by atoms with Gasteiger partial charge >= 0.3 is 0 Å². The Bertz CT molecular complexity index is 337. The van der Waals surface area contributed by atoms with Crippen LogP contribution in [0.4, 0.5) is 0 Å². The molecule has 76 valence electrons. The highest BCUT2D eigenvalue weighted by Crippen LogP contribution is 2.21. The number of rotatable bonds is 3. The molecule has 14 heavy (non-hydrogen) atoms. The minimum Gasteiger partial charge on any atom is -0.508 e. The van der Waals surface area contributed by atoms with Gasteiger partial charge in [0, 0.05) is 0 Å². The van der Waals surface area contributed by atoms with E-state index < -0.39 is 11.9 Å². The van der Waals surface area contributed by atoms with Gasteiger partial charge in [0.25, 0.3) is 0 Å². The van der Waals surface area contributed by atoms with Crippen molar-refractivity contribution in [2.75, 3.05) is 14.1 Å². The number of benzene rings is 1. The molecule has 0 saturated carbocycles. The molecule has 0 radical (unpaired) electrons. The van der Waals surface area contributed by atoms with Crippen molar-refractivity contribution in [3.8, 4) is 5.75 Å². The number of aromatic hydroxyl groups is 1. The van der Waals surface area contributed by atoms with Crippen LogP contribution in [0.25, 0.3) is 0 Å². The first-order chi connectivity index (χ1) is 6.52. The van der Waals surface area contributed by atoms with Crippen LogP contribution in [-0.2, 0) is 4.79 Å². The molecule has 0 spiro atoms. The van der Waals surface area contributed by atoms with E-state index in [0.717, 1.165) is 0 Å². The Balaban J connectivity index is 3.05.